The van der Waals surface area contributed by atoms with Crippen LogP contribution in [0.5, 0.6) is 0 Å². The molecule has 1 aliphatic rings. The van der Waals surface area contributed by atoms with Gasteiger partial charge in [-0.3, -0.25) is 0 Å². The average Bonchev–Trinajstić information content (AvgIpc) is 2.46. The highest BCUT2D eigenvalue weighted by molar-refractivity contribution is 6.42. The van der Waals surface area contributed by atoms with Crippen LogP contribution in [0.3, 0.4) is 0 Å². The summed E-state index contributed by atoms with van der Waals surface area (Å²) in [6.45, 7) is 0. The number of nitrogens with zero attached hydrogens (tertiary/aromatic N) is 1. The summed E-state index contributed by atoms with van der Waals surface area (Å²) in [5.41, 5.74) is 0.938. The molecule has 0 spiro atoms. The number of aromatic nitrogens is 1. The summed E-state index contributed by atoms with van der Waals surface area (Å²) in [6, 6.07) is 0. The summed E-state index contributed by atoms with van der Waals surface area (Å²) in [5, 5.41) is 8.58. The van der Waals surface area contributed by atoms with Gasteiger partial charge in [-0.2, -0.15) is 0 Å². The van der Waals surface area contributed by atoms with Crippen molar-refractivity contribution in [3.8, 4) is 0 Å². The third-order valence-corrected chi connectivity index (χ3v) is 1.67. The molecule has 0 saturated carbocycles. The Bertz CT molecular complexity index is 293. The second-order valence-electron chi connectivity index (χ2n) is 2.43. The maximum absolute atomic E-state index is 8.58. The number of allylic oxidation sites excluding steroid dienone is 1. The SMILES string of the molecule is O[B]c1nc2c(o1)C=CCC2. The molecule has 0 unspecified atom stereocenters. The lowest BCUT2D eigenvalue weighted by atomic mass is 10.0. The van der Waals surface area contributed by atoms with Gasteiger partial charge in [0.15, 0.2) is 5.79 Å². The number of aryl methyl sites for hydroxylation is 1. The fourth-order valence-corrected chi connectivity index (χ4v) is 1.16. The van der Waals surface area contributed by atoms with Crippen LogP contribution in [0.25, 0.3) is 6.08 Å². The lowest BCUT2D eigenvalue weighted by Crippen LogP contribution is -2.14. The molecule has 1 aromatic heterocycles. The van der Waals surface area contributed by atoms with Crippen LogP contribution < -0.4 is 5.79 Å². The van der Waals surface area contributed by atoms with Crippen LogP contribution >= 0.6 is 0 Å². The Morgan fingerprint density at radius 3 is 3.27 bits per heavy atom. The summed E-state index contributed by atoms with van der Waals surface area (Å²) in [7, 11) is 0.881. The molecule has 2 rings (SSSR count). The lowest BCUT2D eigenvalue weighted by molar-refractivity contribution is 0.549. The minimum Gasteiger partial charge on any atom is -0.449 e. The van der Waals surface area contributed by atoms with Crippen molar-refractivity contribution in [3.63, 3.8) is 0 Å². The Labute approximate surface area is 65.0 Å². The van der Waals surface area contributed by atoms with E-state index in [4.69, 9.17) is 9.44 Å². The van der Waals surface area contributed by atoms with E-state index in [0.717, 1.165) is 31.8 Å². The Kier molecular flexibility index (Phi) is 1.54. The Balaban J connectivity index is 2.42. The van der Waals surface area contributed by atoms with Crippen molar-refractivity contribution in [2.24, 2.45) is 0 Å². The first kappa shape index (κ1) is 6.67. The van der Waals surface area contributed by atoms with Crippen molar-refractivity contribution in [2.45, 2.75) is 12.8 Å². The van der Waals surface area contributed by atoms with Gasteiger partial charge in [0.25, 0.3) is 0 Å². The predicted octanol–water partition coefficient (Wildman–Crippen LogP) is -0.129. The zero-order chi connectivity index (χ0) is 7.68. The lowest BCUT2D eigenvalue weighted by Gasteiger charge is -1.98. The smallest absolute Gasteiger partial charge is 0.400 e. The quantitative estimate of drug-likeness (QED) is 0.564. The molecule has 0 atom stereocenters. The van der Waals surface area contributed by atoms with E-state index in [-0.39, 0.29) is 0 Å². The highest BCUT2D eigenvalue weighted by atomic mass is 16.4. The van der Waals surface area contributed by atoms with Gasteiger partial charge < -0.3 is 9.44 Å². The van der Waals surface area contributed by atoms with Gasteiger partial charge in [-0.1, -0.05) is 6.08 Å². The standard InChI is InChI=1S/C7H7BNO2/c10-8-7-9-5-3-1-2-4-6(5)11-7/h2,4,10H,1,3H2. The maximum Gasteiger partial charge on any atom is 0.400 e. The molecule has 1 N–H and O–H groups in total. The number of hydrogen-bond donors (Lipinski definition) is 1. The van der Waals surface area contributed by atoms with E-state index in [1.807, 2.05) is 12.2 Å². The first-order valence-corrected chi connectivity index (χ1v) is 3.54. The van der Waals surface area contributed by atoms with Crippen LogP contribution in [0, 0.1) is 0 Å². The zero-order valence-electron chi connectivity index (χ0n) is 5.95. The highest BCUT2D eigenvalue weighted by Crippen LogP contribution is 2.15. The molecule has 0 saturated heterocycles. The fourth-order valence-electron chi connectivity index (χ4n) is 1.16. The molecule has 1 radical (unpaired) electrons. The molecule has 0 amide bonds. The van der Waals surface area contributed by atoms with Gasteiger partial charge in [-0.15, -0.1) is 0 Å². The molecular formula is C7H7BNO2. The van der Waals surface area contributed by atoms with E-state index in [9.17, 15) is 0 Å². The zero-order valence-corrected chi connectivity index (χ0v) is 5.95. The summed E-state index contributed by atoms with van der Waals surface area (Å²) < 4.78 is 5.15. The first-order chi connectivity index (χ1) is 5.40. The highest BCUT2D eigenvalue weighted by Gasteiger charge is 2.12. The molecule has 1 aliphatic carbocycles. The minimum absolute atomic E-state index is 0.293. The molecule has 1 heterocycles. The van der Waals surface area contributed by atoms with Crippen molar-refractivity contribution < 1.29 is 9.44 Å². The predicted molar refractivity (Wildman–Crippen MR) is 41.5 cm³/mol. The van der Waals surface area contributed by atoms with Crippen molar-refractivity contribution >= 4 is 19.3 Å². The van der Waals surface area contributed by atoms with Crippen molar-refractivity contribution in [1.82, 2.24) is 4.98 Å². The van der Waals surface area contributed by atoms with Crippen LogP contribution in [0.1, 0.15) is 17.9 Å². The van der Waals surface area contributed by atoms with Gasteiger partial charge in [0.2, 0.25) is 0 Å². The van der Waals surface area contributed by atoms with Crippen LogP contribution in [0.4, 0.5) is 0 Å². The van der Waals surface area contributed by atoms with Gasteiger partial charge in [0, 0.05) is 0 Å². The van der Waals surface area contributed by atoms with Crippen molar-refractivity contribution in [3.05, 3.63) is 17.5 Å². The number of hydrogen-bond acceptors (Lipinski definition) is 3. The Hall–Kier alpha value is -1.03. The molecular weight excluding hydrogens is 141 g/mol. The van der Waals surface area contributed by atoms with Gasteiger partial charge in [-0.05, 0) is 18.9 Å². The molecule has 11 heavy (non-hydrogen) atoms. The van der Waals surface area contributed by atoms with Crippen LogP contribution in [-0.2, 0) is 6.42 Å². The maximum atomic E-state index is 8.58. The van der Waals surface area contributed by atoms with Gasteiger partial charge in [-0.25, -0.2) is 4.98 Å². The van der Waals surface area contributed by atoms with E-state index < -0.39 is 0 Å². The van der Waals surface area contributed by atoms with Crippen LogP contribution in [0.2, 0.25) is 0 Å². The Morgan fingerprint density at radius 2 is 2.55 bits per heavy atom. The van der Waals surface area contributed by atoms with E-state index in [2.05, 4.69) is 4.98 Å². The van der Waals surface area contributed by atoms with Crippen molar-refractivity contribution in [1.29, 1.82) is 0 Å². The average molecular weight is 148 g/mol. The summed E-state index contributed by atoms with van der Waals surface area (Å²) >= 11 is 0. The number of rotatable bonds is 1. The van der Waals surface area contributed by atoms with E-state index in [1.54, 1.807) is 0 Å². The second-order valence-corrected chi connectivity index (χ2v) is 2.43. The molecule has 55 valence electrons. The van der Waals surface area contributed by atoms with Crippen molar-refractivity contribution in [2.75, 3.05) is 0 Å². The van der Waals surface area contributed by atoms with E-state index in [1.165, 1.54) is 0 Å². The molecule has 0 aliphatic heterocycles. The summed E-state index contributed by atoms with van der Waals surface area (Å²) in [6.07, 6.45) is 5.83. The Morgan fingerprint density at radius 1 is 1.64 bits per heavy atom. The topological polar surface area (TPSA) is 46.3 Å². The molecule has 0 aromatic carbocycles. The van der Waals surface area contributed by atoms with E-state index in [0.29, 0.717) is 5.79 Å². The van der Waals surface area contributed by atoms with Gasteiger partial charge in [0.1, 0.15) is 5.76 Å². The normalized spacial score (nSPS) is 14.6. The molecule has 3 nitrogen and oxygen atoms in total. The van der Waals surface area contributed by atoms with Gasteiger partial charge in [0.05, 0.1) is 5.69 Å². The first-order valence-electron chi connectivity index (χ1n) is 3.54. The molecule has 1 aromatic rings. The van der Waals surface area contributed by atoms with Gasteiger partial charge >= 0.3 is 7.48 Å². The largest absolute Gasteiger partial charge is 0.449 e. The summed E-state index contributed by atoms with van der Waals surface area (Å²) in [4.78, 5) is 4.05. The monoisotopic (exact) mass is 148 g/mol. The second kappa shape index (κ2) is 2.55. The van der Waals surface area contributed by atoms with Crippen LogP contribution in [-0.4, -0.2) is 17.5 Å². The molecule has 4 heteroatoms. The minimum atomic E-state index is 0.293. The third-order valence-electron chi connectivity index (χ3n) is 1.67. The number of fused-ring (bicyclic) bond motifs is 1. The molecule has 0 fully saturated rings. The molecule has 0 bridgehead atoms. The fraction of sp³-hybridized carbons (Fsp3) is 0.286. The summed E-state index contributed by atoms with van der Waals surface area (Å²) in [5.74, 6) is 1.07. The number of oxazole rings is 1. The van der Waals surface area contributed by atoms with E-state index >= 15 is 0 Å². The van der Waals surface area contributed by atoms with Crippen LogP contribution in [0.15, 0.2) is 10.5 Å². The third kappa shape index (κ3) is 1.09.